The monoisotopic (exact) mass is 379 g/mol. The zero-order chi connectivity index (χ0) is 19.1. The van der Waals surface area contributed by atoms with Gasteiger partial charge in [0, 0.05) is 18.7 Å². The number of aryl methyl sites for hydroxylation is 3. The van der Waals surface area contributed by atoms with Crippen molar-refractivity contribution in [1.82, 2.24) is 4.98 Å². The topological polar surface area (TPSA) is 62.3 Å². The van der Waals surface area contributed by atoms with Crippen molar-refractivity contribution in [3.8, 4) is 0 Å². The molecular weight excluding hydrogens is 358 g/mol. The first-order valence-corrected chi connectivity index (χ1v) is 9.78. The largest absolute Gasteiger partial charge is 0.311 e. The molecule has 0 saturated carbocycles. The third kappa shape index (κ3) is 3.45. The van der Waals surface area contributed by atoms with E-state index >= 15 is 0 Å². The summed E-state index contributed by atoms with van der Waals surface area (Å²) in [5, 5.41) is 3.48. The van der Waals surface area contributed by atoms with Crippen LogP contribution in [0.3, 0.4) is 0 Å². The highest BCUT2D eigenvalue weighted by molar-refractivity contribution is 7.22. The van der Waals surface area contributed by atoms with Gasteiger partial charge in [-0.1, -0.05) is 35.1 Å². The normalized spacial score (nSPS) is 16.9. The van der Waals surface area contributed by atoms with Crippen molar-refractivity contribution >= 4 is 44.2 Å². The van der Waals surface area contributed by atoms with Crippen LogP contribution in [0, 0.1) is 26.7 Å². The molecule has 1 atom stereocenters. The highest BCUT2D eigenvalue weighted by atomic mass is 32.1. The number of carbonyl (C=O) groups excluding carboxylic acids is 2. The van der Waals surface area contributed by atoms with Gasteiger partial charge in [0.15, 0.2) is 5.13 Å². The van der Waals surface area contributed by atoms with E-state index < -0.39 is 0 Å². The molecule has 6 heteroatoms. The number of benzene rings is 2. The number of amides is 2. The summed E-state index contributed by atoms with van der Waals surface area (Å²) in [6, 6.07) is 12.0. The summed E-state index contributed by atoms with van der Waals surface area (Å²) in [7, 11) is 0. The molecule has 0 bridgehead atoms. The number of hydrogen-bond acceptors (Lipinski definition) is 4. The van der Waals surface area contributed by atoms with Crippen LogP contribution in [0.15, 0.2) is 36.4 Å². The van der Waals surface area contributed by atoms with Gasteiger partial charge >= 0.3 is 0 Å². The Hall–Kier alpha value is -2.73. The Balaban J connectivity index is 1.50. The van der Waals surface area contributed by atoms with Gasteiger partial charge in [-0.3, -0.25) is 9.59 Å². The van der Waals surface area contributed by atoms with Gasteiger partial charge in [-0.25, -0.2) is 4.98 Å². The fourth-order valence-corrected chi connectivity index (χ4v) is 4.48. The van der Waals surface area contributed by atoms with E-state index in [1.54, 1.807) is 4.90 Å². The smallest absolute Gasteiger partial charge is 0.231 e. The molecule has 27 heavy (non-hydrogen) atoms. The van der Waals surface area contributed by atoms with E-state index in [4.69, 9.17) is 0 Å². The molecular formula is C21H21N3O2S. The predicted molar refractivity (Wildman–Crippen MR) is 109 cm³/mol. The van der Waals surface area contributed by atoms with Crippen molar-refractivity contribution in [2.45, 2.75) is 27.2 Å². The van der Waals surface area contributed by atoms with Gasteiger partial charge in [0.2, 0.25) is 11.8 Å². The van der Waals surface area contributed by atoms with Crippen molar-refractivity contribution in [2.75, 3.05) is 16.8 Å². The summed E-state index contributed by atoms with van der Waals surface area (Å²) in [5.74, 6) is -0.527. The van der Waals surface area contributed by atoms with E-state index in [1.165, 1.54) is 11.3 Å². The maximum Gasteiger partial charge on any atom is 0.231 e. The van der Waals surface area contributed by atoms with Crippen molar-refractivity contribution in [3.63, 3.8) is 0 Å². The lowest BCUT2D eigenvalue weighted by Gasteiger charge is -2.19. The second-order valence-corrected chi connectivity index (χ2v) is 8.21. The lowest BCUT2D eigenvalue weighted by Crippen LogP contribution is -2.28. The lowest BCUT2D eigenvalue weighted by molar-refractivity contribution is -0.122. The number of anilines is 2. The summed E-state index contributed by atoms with van der Waals surface area (Å²) < 4.78 is 1.05. The molecule has 1 aliphatic rings. The molecule has 138 valence electrons. The summed E-state index contributed by atoms with van der Waals surface area (Å²) >= 11 is 1.46. The molecule has 4 rings (SSSR count). The van der Waals surface area contributed by atoms with Crippen LogP contribution < -0.4 is 10.2 Å². The number of aromatic nitrogens is 1. The van der Waals surface area contributed by atoms with Crippen molar-refractivity contribution in [2.24, 2.45) is 5.92 Å². The van der Waals surface area contributed by atoms with E-state index in [-0.39, 0.29) is 24.2 Å². The maximum absolute atomic E-state index is 12.7. The van der Waals surface area contributed by atoms with Gasteiger partial charge in [-0.05, 0) is 50.1 Å². The molecule has 1 N–H and O–H groups in total. The zero-order valence-corrected chi connectivity index (χ0v) is 16.4. The zero-order valence-electron chi connectivity index (χ0n) is 15.6. The number of rotatable bonds is 3. The molecule has 0 aliphatic carbocycles. The number of fused-ring (bicyclic) bond motifs is 1. The van der Waals surface area contributed by atoms with Crippen molar-refractivity contribution in [3.05, 3.63) is 53.1 Å². The Morgan fingerprint density at radius 2 is 1.89 bits per heavy atom. The molecule has 1 aliphatic heterocycles. The van der Waals surface area contributed by atoms with Crippen LogP contribution in [-0.2, 0) is 9.59 Å². The Bertz CT molecular complexity index is 1060. The highest BCUT2D eigenvalue weighted by Gasteiger charge is 2.36. The predicted octanol–water partition coefficient (Wildman–Crippen LogP) is 4.21. The highest BCUT2D eigenvalue weighted by Crippen LogP contribution is 2.31. The number of nitrogens with zero attached hydrogens (tertiary/aromatic N) is 2. The van der Waals surface area contributed by atoms with Crippen molar-refractivity contribution < 1.29 is 9.59 Å². The molecule has 5 nitrogen and oxygen atoms in total. The SMILES string of the molecule is Cc1ccc(N2CC(C(=O)Nc3nc4ccc(C)cc4s3)CC2=O)c(C)c1. The summed E-state index contributed by atoms with van der Waals surface area (Å²) in [5.41, 5.74) is 5.13. The molecule has 1 fully saturated rings. The first-order chi connectivity index (χ1) is 12.9. The van der Waals surface area contributed by atoms with E-state index in [0.717, 1.165) is 32.6 Å². The fourth-order valence-electron chi connectivity index (χ4n) is 3.52. The van der Waals surface area contributed by atoms with Crippen LogP contribution >= 0.6 is 11.3 Å². The molecule has 2 aromatic carbocycles. The number of hydrogen-bond donors (Lipinski definition) is 1. The number of nitrogens with one attached hydrogen (secondary N) is 1. The third-order valence-electron chi connectivity index (χ3n) is 4.91. The summed E-state index contributed by atoms with van der Waals surface area (Å²) in [6.07, 6.45) is 0.225. The molecule has 1 aromatic heterocycles. The second kappa shape index (κ2) is 6.78. The Kier molecular flexibility index (Phi) is 4.44. The van der Waals surface area contributed by atoms with E-state index in [0.29, 0.717) is 11.7 Å². The minimum Gasteiger partial charge on any atom is -0.311 e. The van der Waals surface area contributed by atoms with Crippen LogP contribution in [0.2, 0.25) is 0 Å². The van der Waals surface area contributed by atoms with Gasteiger partial charge in [-0.15, -0.1) is 0 Å². The standard InChI is InChI=1S/C21H21N3O2S/c1-12-5-7-17(14(3)8-12)24-11-15(10-19(24)25)20(26)23-21-22-16-6-4-13(2)9-18(16)27-21/h4-9,15H,10-11H2,1-3H3,(H,22,23,26). The second-order valence-electron chi connectivity index (χ2n) is 7.17. The minimum atomic E-state index is -0.369. The van der Waals surface area contributed by atoms with Gasteiger partial charge in [0.05, 0.1) is 16.1 Å². The van der Waals surface area contributed by atoms with Crippen LogP contribution in [0.4, 0.5) is 10.8 Å². The maximum atomic E-state index is 12.7. The molecule has 0 radical (unpaired) electrons. The number of carbonyl (C=O) groups is 2. The van der Waals surface area contributed by atoms with Gasteiger partial charge in [-0.2, -0.15) is 0 Å². The van der Waals surface area contributed by atoms with E-state index in [2.05, 4.69) is 22.4 Å². The third-order valence-corrected chi connectivity index (χ3v) is 5.85. The fraction of sp³-hybridized carbons (Fsp3) is 0.286. The van der Waals surface area contributed by atoms with Crippen LogP contribution in [0.5, 0.6) is 0 Å². The minimum absolute atomic E-state index is 0.0120. The lowest BCUT2D eigenvalue weighted by atomic mass is 10.1. The number of thiazole rings is 1. The molecule has 2 heterocycles. The average Bonchev–Trinajstić information content (AvgIpc) is 3.17. The molecule has 3 aromatic rings. The van der Waals surface area contributed by atoms with Crippen LogP contribution in [0.25, 0.3) is 10.2 Å². The molecule has 1 saturated heterocycles. The Morgan fingerprint density at radius 1 is 1.15 bits per heavy atom. The molecule has 0 spiro atoms. The van der Waals surface area contributed by atoms with Crippen LogP contribution in [0.1, 0.15) is 23.1 Å². The summed E-state index contributed by atoms with van der Waals surface area (Å²) in [6.45, 7) is 6.45. The van der Waals surface area contributed by atoms with Gasteiger partial charge in [0.1, 0.15) is 0 Å². The Morgan fingerprint density at radius 3 is 2.67 bits per heavy atom. The molecule has 2 amide bonds. The average molecular weight is 379 g/mol. The van der Waals surface area contributed by atoms with Crippen molar-refractivity contribution in [1.29, 1.82) is 0 Å². The van der Waals surface area contributed by atoms with Crippen LogP contribution in [-0.4, -0.2) is 23.3 Å². The van der Waals surface area contributed by atoms with E-state index in [1.807, 2.05) is 45.0 Å². The van der Waals surface area contributed by atoms with Gasteiger partial charge in [0.25, 0.3) is 0 Å². The van der Waals surface area contributed by atoms with Gasteiger partial charge < -0.3 is 10.2 Å². The quantitative estimate of drug-likeness (QED) is 0.741. The molecule has 1 unspecified atom stereocenters. The first-order valence-electron chi connectivity index (χ1n) is 8.96. The first kappa shape index (κ1) is 17.7. The Labute approximate surface area is 162 Å². The van der Waals surface area contributed by atoms with E-state index in [9.17, 15) is 9.59 Å². The summed E-state index contributed by atoms with van der Waals surface area (Å²) in [4.78, 5) is 31.4.